The Balaban J connectivity index is 1.74. The highest BCUT2D eigenvalue weighted by atomic mass is 32.1. The lowest BCUT2D eigenvalue weighted by molar-refractivity contribution is 0.238. The first kappa shape index (κ1) is 13.4. The van der Waals surface area contributed by atoms with Gasteiger partial charge >= 0.3 is 0 Å². The van der Waals surface area contributed by atoms with Gasteiger partial charge in [-0.3, -0.25) is 0 Å². The van der Waals surface area contributed by atoms with Crippen molar-refractivity contribution in [2.24, 2.45) is 11.1 Å². The molecular formula is C15H25N3S. The average molecular weight is 279 g/mol. The number of nitrogens with zero attached hydrogens (tertiary/aromatic N) is 2. The van der Waals surface area contributed by atoms with Gasteiger partial charge in [-0.15, -0.1) is 0 Å². The van der Waals surface area contributed by atoms with E-state index in [1.54, 1.807) is 0 Å². The van der Waals surface area contributed by atoms with E-state index < -0.39 is 0 Å². The van der Waals surface area contributed by atoms with Gasteiger partial charge in [-0.1, -0.05) is 31.6 Å². The van der Waals surface area contributed by atoms with Crippen molar-refractivity contribution >= 4 is 16.5 Å². The SMILES string of the molecule is CCC1(C)CCN(c2nc3c(s2)C(N)CCC3)CC1. The summed E-state index contributed by atoms with van der Waals surface area (Å²) in [5.74, 6) is 0. The number of piperidine rings is 1. The van der Waals surface area contributed by atoms with E-state index in [0.717, 1.165) is 25.9 Å². The van der Waals surface area contributed by atoms with Crippen molar-refractivity contribution in [3.8, 4) is 0 Å². The van der Waals surface area contributed by atoms with Gasteiger partial charge in [-0.25, -0.2) is 4.98 Å². The Kier molecular flexibility index (Phi) is 3.56. The Morgan fingerprint density at radius 2 is 2.16 bits per heavy atom. The third-order valence-corrected chi connectivity index (χ3v) is 6.37. The molecule has 1 atom stereocenters. The van der Waals surface area contributed by atoms with Crippen LogP contribution in [-0.4, -0.2) is 18.1 Å². The van der Waals surface area contributed by atoms with Crippen molar-refractivity contribution in [3.05, 3.63) is 10.6 Å². The first-order valence-electron chi connectivity index (χ1n) is 7.61. The van der Waals surface area contributed by atoms with Crippen LogP contribution in [0.5, 0.6) is 0 Å². The first-order chi connectivity index (χ1) is 9.11. The Bertz CT molecular complexity index is 446. The molecule has 2 N–H and O–H groups in total. The van der Waals surface area contributed by atoms with E-state index >= 15 is 0 Å². The van der Waals surface area contributed by atoms with Crippen LogP contribution in [0.1, 0.15) is 62.6 Å². The van der Waals surface area contributed by atoms with Crippen molar-refractivity contribution in [1.82, 2.24) is 4.98 Å². The number of aromatic nitrogens is 1. The van der Waals surface area contributed by atoms with Gasteiger partial charge in [0.25, 0.3) is 0 Å². The molecule has 106 valence electrons. The third-order valence-electron chi connectivity index (χ3n) is 5.08. The number of aryl methyl sites for hydroxylation is 1. The van der Waals surface area contributed by atoms with Gasteiger partial charge in [-0.2, -0.15) is 0 Å². The second-order valence-electron chi connectivity index (χ2n) is 6.46. The maximum atomic E-state index is 6.21. The summed E-state index contributed by atoms with van der Waals surface area (Å²) in [4.78, 5) is 8.69. The molecule has 1 saturated heterocycles. The van der Waals surface area contributed by atoms with Gasteiger partial charge < -0.3 is 10.6 Å². The maximum absolute atomic E-state index is 6.21. The van der Waals surface area contributed by atoms with E-state index in [1.807, 2.05) is 11.3 Å². The van der Waals surface area contributed by atoms with Crippen molar-refractivity contribution in [3.63, 3.8) is 0 Å². The van der Waals surface area contributed by atoms with E-state index in [9.17, 15) is 0 Å². The van der Waals surface area contributed by atoms with E-state index in [-0.39, 0.29) is 6.04 Å². The summed E-state index contributed by atoms with van der Waals surface area (Å²) < 4.78 is 0. The standard InChI is InChI=1S/C15H25N3S/c1-3-15(2)7-9-18(10-8-15)14-17-12-6-4-5-11(16)13(12)19-14/h11H,3-10,16H2,1-2H3. The quantitative estimate of drug-likeness (QED) is 0.901. The molecule has 1 aromatic heterocycles. The minimum absolute atomic E-state index is 0.237. The highest BCUT2D eigenvalue weighted by Crippen LogP contribution is 2.40. The second kappa shape index (κ2) is 5.06. The summed E-state index contributed by atoms with van der Waals surface area (Å²) in [6.07, 6.45) is 7.33. The molecule has 3 nitrogen and oxygen atoms in total. The lowest BCUT2D eigenvalue weighted by Gasteiger charge is -2.38. The van der Waals surface area contributed by atoms with Gasteiger partial charge in [0.2, 0.25) is 0 Å². The van der Waals surface area contributed by atoms with Crippen LogP contribution in [0.2, 0.25) is 0 Å². The number of fused-ring (bicyclic) bond motifs is 1. The monoisotopic (exact) mass is 279 g/mol. The Morgan fingerprint density at radius 3 is 2.79 bits per heavy atom. The van der Waals surface area contributed by atoms with Crippen molar-refractivity contribution in [1.29, 1.82) is 0 Å². The topological polar surface area (TPSA) is 42.2 Å². The van der Waals surface area contributed by atoms with Crippen molar-refractivity contribution in [2.75, 3.05) is 18.0 Å². The van der Waals surface area contributed by atoms with E-state index in [2.05, 4.69) is 18.7 Å². The summed E-state index contributed by atoms with van der Waals surface area (Å²) in [7, 11) is 0. The summed E-state index contributed by atoms with van der Waals surface area (Å²) in [5, 5.41) is 1.22. The molecule has 1 unspecified atom stereocenters. The highest BCUT2D eigenvalue weighted by Gasteiger charge is 2.30. The molecule has 3 rings (SSSR count). The fraction of sp³-hybridized carbons (Fsp3) is 0.800. The predicted molar refractivity (Wildman–Crippen MR) is 81.8 cm³/mol. The van der Waals surface area contributed by atoms with Gasteiger partial charge in [0.1, 0.15) is 0 Å². The normalized spacial score (nSPS) is 26.3. The molecule has 0 spiro atoms. The summed E-state index contributed by atoms with van der Waals surface area (Å²) in [6.45, 7) is 7.06. The summed E-state index contributed by atoms with van der Waals surface area (Å²) in [6, 6.07) is 0.237. The molecule has 0 radical (unpaired) electrons. The van der Waals surface area contributed by atoms with Crippen LogP contribution in [0.15, 0.2) is 0 Å². The van der Waals surface area contributed by atoms with Crippen LogP contribution >= 0.6 is 11.3 Å². The van der Waals surface area contributed by atoms with E-state index in [1.165, 1.54) is 41.4 Å². The number of hydrogen-bond acceptors (Lipinski definition) is 4. The van der Waals surface area contributed by atoms with Crippen LogP contribution in [-0.2, 0) is 6.42 Å². The zero-order valence-corrected chi connectivity index (χ0v) is 12.9. The Labute approximate surface area is 120 Å². The minimum Gasteiger partial charge on any atom is -0.348 e. The van der Waals surface area contributed by atoms with Gasteiger partial charge in [0, 0.05) is 24.0 Å². The Hall–Kier alpha value is -0.610. The summed E-state index contributed by atoms with van der Waals surface area (Å²) in [5.41, 5.74) is 8.03. The molecule has 1 aliphatic heterocycles. The molecule has 0 saturated carbocycles. The van der Waals surface area contributed by atoms with Crippen LogP contribution in [0, 0.1) is 5.41 Å². The predicted octanol–water partition coefficient (Wildman–Crippen LogP) is 3.50. The molecule has 2 aliphatic rings. The number of rotatable bonds is 2. The fourth-order valence-electron chi connectivity index (χ4n) is 3.17. The molecule has 1 aliphatic carbocycles. The van der Waals surface area contributed by atoms with Gasteiger partial charge in [0.05, 0.1) is 5.69 Å². The number of hydrogen-bond donors (Lipinski definition) is 1. The van der Waals surface area contributed by atoms with Crippen LogP contribution in [0.3, 0.4) is 0 Å². The third kappa shape index (κ3) is 2.52. The molecule has 0 bridgehead atoms. The maximum Gasteiger partial charge on any atom is 0.185 e. The molecule has 0 amide bonds. The fourth-order valence-corrected chi connectivity index (χ4v) is 4.37. The number of nitrogens with two attached hydrogens (primary N) is 1. The zero-order valence-electron chi connectivity index (χ0n) is 12.1. The van der Waals surface area contributed by atoms with E-state index in [0.29, 0.717) is 5.41 Å². The molecule has 0 aromatic carbocycles. The number of thiazole rings is 1. The highest BCUT2D eigenvalue weighted by molar-refractivity contribution is 7.15. The minimum atomic E-state index is 0.237. The second-order valence-corrected chi connectivity index (χ2v) is 7.47. The molecule has 2 heterocycles. The molecule has 4 heteroatoms. The van der Waals surface area contributed by atoms with E-state index in [4.69, 9.17) is 10.7 Å². The average Bonchev–Trinajstić information content (AvgIpc) is 2.85. The lowest BCUT2D eigenvalue weighted by atomic mass is 9.78. The molecular weight excluding hydrogens is 254 g/mol. The largest absolute Gasteiger partial charge is 0.348 e. The van der Waals surface area contributed by atoms with Crippen LogP contribution in [0.4, 0.5) is 5.13 Å². The van der Waals surface area contributed by atoms with Crippen LogP contribution < -0.4 is 10.6 Å². The smallest absolute Gasteiger partial charge is 0.185 e. The van der Waals surface area contributed by atoms with Gasteiger partial charge in [0.15, 0.2) is 5.13 Å². The molecule has 1 aromatic rings. The molecule has 19 heavy (non-hydrogen) atoms. The summed E-state index contributed by atoms with van der Waals surface area (Å²) >= 11 is 1.85. The van der Waals surface area contributed by atoms with Gasteiger partial charge in [-0.05, 0) is 37.5 Å². The Morgan fingerprint density at radius 1 is 1.42 bits per heavy atom. The van der Waals surface area contributed by atoms with Crippen molar-refractivity contribution in [2.45, 2.75) is 58.4 Å². The first-order valence-corrected chi connectivity index (χ1v) is 8.43. The van der Waals surface area contributed by atoms with Crippen molar-refractivity contribution < 1.29 is 0 Å². The number of anilines is 1. The van der Waals surface area contributed by atoms with Crippen LogP contribution in [0.25, 0.3) is 0 Å². The molecule has 1 fully saturated rings. The lowest BCUT2D eigenvalue weighted by Crippen LogP contribution is -2.38. The zero-order chi connectivity index (χ0) is 13.5.